The molecule has 2 fully saturated rings. The molecule has 47 heavy (non-hydrogen) atoms. The maximum atomic E-state index is 13.7. The van der Waals surface area contributed by atoms with E-state index in [1.165, 1.54) is 11.6 Å². The van der Waals surface area contributed by atoms with Crippen LogP contribution in [0.3, 0.4) is 0 Å². The molecule has 4 aliphatic rings. The second-order valence-corrected chi connectivity index (χ2v) is 13.4. The van der Waals surface area contributed by atoms with Gasteiger partial charge in [-0.3, -0.25) is 4.79 Å². The molecule has 0 amide bonds. The Hall–Kier alpha value is -4.66. The van der Waals surface area contributed by atoms with E-state index in [2.05, 4.69) is 18.5 Å². The topological polar surface area (TPSA) is 94.5 Å². The predicted octanol–water partition coefficient (Wildman–Crippen LogP) is 5.83. The van der Waals surface area contributed by atoms with E-state index in [-0.39, 0.29) is 16.7 Å². The third-order valence-corrected chi connectivity index (χ3v) is 11.1. The van der Waals surface area contributed by atoms with Crippen LogP contribution in [0.1, 0.15) is 46.3 Å². The number of nitrogens with zero attached hydrogens (tertiary/aromatic N) is 1. The Morgan fingerprint density at radius 3 is 2.64 bits per heavy atom. The van der Waals surface area contributed by atoms with Crippen molar-refractivity contribution < 1.29 is 33.6 Å². The summed E-state index contributed by atoms with van der Waals surface area (Å²) in [6.07, 6.45) is 1.97. The molecule has 2 aliphatic carbocycles. The Morgan fingerprint density at radius 2 is 1.83 bits per heavy atom. The number of likely N-dealkylation sites (tertiary alicyclic amines) is 1. The van der Waals surface area contributed by atoms with Gasteiger partial charge in [0.1, 0.15) is 29.3 Å². The maximum absolute atomic E-state index is 13.7. The molecule has 8 nitrogen and oxygen atoms in total. The van der Waals surface area contributed by atoms with Gasteiger partial charge >= 0.3 is 11.9 Å². The molecule has 1 N–H and O–H groups in total. The van der Waals surface area contributed by atoms with Crippen molar-refractivity contribution in [3.63, 3.8) is 0 Å². The number of rotatable bonds is 8. The van der Waals surface area contributed by atoms with Crippen LogP contribution in [0.25, 0.3) is 10.8 Å². The highest BCUT2D eigenvalue weighted by atomic mass is 16.6. The quantitative estimate of drug-likeness (QED) is 0.148. The Balaban J connectivity index is 1.06. The molecule has 1 spiro atoms. The van der Waals surface area contributed by atoms with E-state index in [1.54, 1.807) is 44.4 Å². The number of hydrogen-bond donors (Lipinski definition) is 1. The van der Waals surface area contributed by atoms with Crippen molar-refractivity contribution in [1.82, 2.24) is 4.90 Å². The zero-order valence-electron chi connectivity index (χ0n) is 26.6. The summed E-state index contributed by atoms with van der Waals surface area (Å²) in [4.78, 5) is 29.6. The van der Waals surface area contributed by atoms with Crippen molar-refractivity contribution >= 4 is 22.7 Å². The van der Waals surface area contributed by atoms with Gasteiger partial charge in [-0.25, -0.2) is 4.79 Å². The van der Waals surface area contributed by atoms with E-state index >= 15 is 0 Å². The molecular weight excluding hydrogens is 594 g/mol. The predicted molar refractivity (Wildman–Crippen MR) is 176 cm³/mol. The largest absolute Gasteiger partial charge is 0.497 e. The van der Waals surface area contributed by atoms with Crippen LogP contribution in [0.5, 0.6) is 23.0 Å². The van der Waals surface area contributed by atoms with Gasteiger partial charge in [0.25, 0.3) is 0 Å². The number of aliphatic hydroxyl groups excluding tert-OH is 1. The number of carbonyl (C=O) groups is 2. The number of esters is 2. The highest BCUT2D eigenvalue weighted by molar-refractivity contribution is 5.96. The van der Waals surface area contributed by atoms with Crippen LogP contribution in [-0.4, -0.2) is 60.9 Å². The lowest BCUT2D eigenvalue weighted by Crippen LogP contribution is -2.64. The maximum Gasteiger partial charge on any atom is 0.347 e. The molecule has 8 rings (SSSR count). The van der Waals surface area contributed by atoms with Crippen molar-refractivity contribution in [1.29, 1.82) is 0 Å². The first kappa shape index (κ1) is 29.7. The van der Waals surface area contributed by atoms with Gasteiger partial charge in [-0.2, -0.15) is 0 Å². The molecule has 0 radical (unpaired) electrons. The third-order valence-electron chi connectivity index (χ3n) is 11.1. The molecule has 4 aromatic rings. The van der Waals surface area contributed by atoms with Crippen molar-refractivity contribution in [2.45, 2.75) is 49.3 Å². The van der Waals surface area contributed by atoms with E-state index in [4.69, 9.17) is 18.9 Å². The SMILES string of the molecule is C=C[C@H](O)[C@@H]1Oc2c(OC(=O)c3ccccc3OC(=O)C(C)c3ccc4cc(OC)ccc4c3)ccc3c2[C@@]12CC1CN(C)[C@H](C3)[C@H]12. The fourth-order valence-electron chi connectivity index (χ4n) is 8.86. The number of methoxy groups -OCH3 is 1. The molecule has 0 bridgehead atoms. The Labute approximate surface area is 273 Å². The molecule has 1 saturated carbocycles. The normalized spacial score (nSPS) is 26.3. The average Bonchev–Trinajstić information content (AvgIpc) is 3.59. The molecular formula is C39H37NO7. The van der Waals surface area contributed by atoms with E-state index < -0.39 is 30.1 Å². The van der Waals surface area contributed by atoms with Crippen molar-refractivity contribution in [2.24, 2.45) is 11.8 Å². The second kappa shape index (κ2) is 11.0. The molecule has 2 unspecified atom stereocenters. The lowest BCUT2D eigenvalue weighted by atomic mass is 9.45. The van der Waals surface area contributed by atoms with Gasteiger partial charge in [-0.1, -0.05) is 48.5 Å². The zero-order valence-corrected chi connectivity index (χ0v) is 26.6. The minimum absolute atomic E-state index is 0.116. The number of ether oxygens (including phenoxy) is 4. The lowest BCUT2D eigenvalue weighted by molar-refractivity contribution is -0.135. The van der Waals surface area contributed by atoms with Crippen LogP contribution in [0.2, 0.25) is 0 Å². The fourth-order valence-corrected chi connectivity index (χ4v) is 8.86. The van der Waals surface area contributed by atoms with Gasteiger partial charge in [-0.05, 0) is 90.9 Å². The summed E-state index contributed by atoms with van der Waals surface area (Å²) in [7, 11) is 3.81. The fraction of sp³-hybridized carbons (Fsp3) is 0.333. The molecule has 1 saturated heterocycles. The van der Waals surface area contributed by atoms with Gasteiger partial charge in [0, 0.05) is 23.6 Å². The minimum Gasteiger partial charge on any atom is -0.497 e. The van der Waals surface area contributed by atoms with E-state index in [1.807, 2.05) is 42.5 Å². The Morgan fingerprint density at radius 1 is 1.04 bits per heavy atom. The summed E-state index contributed by atoms with van der Waals surface area (Å²) in [5.41, 5.74) is 2.80. The van der Waals surface area contributed by atoms with Crippen LogP contribution in [0, 0.1) is 11.8 Å². The highest BCUT2D eigenvalue weighted by Gasteiger charge is 2.72. The van der Waals surface area contributed by atoms with Gasteiger partial charge in [-0.15, -0.1) is 6.58 Å². The number of para-hydroxylation sites is 1. The first-order valence-corrected chi connectivity index (χ1v) is 16.2. The van der Waals surface area contributed by atoms with Gasteiger partial charge in [0.15, 0.2) is 11.5 Å². The lowest BCUT2D eigenvalue weighted by Gasteiger charge is -2.57. The molecule has 240 valence electrons. The molecule has 2 aliphatic heterocycles. The first-order valence-electron chi connectivity index (χ1n) is 16.2. The van der Waals surface area contributed by atoms with Crippen LogP contribution in [0.4, 0.5) is 0 Å². The molecule has 8 heteroatoms. The summed E-state index contributed by atoms with van der Waals surface area (Å²) in [5, 5.41) is 13.1. The zero-order chi connectivity index (χ0) is 32.6. The van der Waals surface area contributed by atoms with Crippen LogP contribution in [0.15, 0.2) is 85.5 Å². The number of fused-ring (bicyclic) bond motifs is 1. The standard InChI is InChI=1S/C39H37NO7/c1-5-30(41)36-39-19-26-20-40(3)29(33(26)39)18-25-13-15-32(35(47-36)34(25)39)46-38(43)28-8-6-7-9-31(28)45-37(42)21(2)22-10-11-24-17-27(44-4)14-12-23(24)16-22/h5-17,21,26,29-30,33,36,41H,1,18-20H2,2-4H3/t21?,26?,29-,30+,33+,36+,39+/m1/s1. The number of carbonyl (C=O) groups excluding carboxylic acids is 2. The van der Waals surface area contributed by atoms with Crippen molar-refractivity contribution in [3.8, 4) is 23.0 Å². The number of benzene rings is 4. The first-order chi connectivity index (χ1) is 22.7. The molecule has 2 heterocycles. The van der Waals surface area contributed by atoms with E-state index in [0.717, 1.165) is 47.0 Å². The molecule has 0 aromatic heterocycles. The molecule has 4 aromatic carbocycles. The van der Waals surface area contributed by atoms with Gasteiger partial charge in [0.2, 0.25) is 0 Å². The summed E-state index contributed by atoms with van der Waals surface area (Å²) in [5.74, 6) is 0.848. The van der Waals surface area contributed by atoms with Crippen LogP contribution in [-0.2, 0) is 16.6 Å². The smallest absolute Gasteiger partial charge is 0.347 e. The Kier molecular flexibility index (Phi) is 6.93. The van der Waals surface area contributed by atoms with Crippen LogP contribution < -0.4 is 18.9 Å². The Bertz CT molecular complexity index is 1950. The van der Waals surface area contributed by atoms with E-state index in [0.29, 0.717) is 29.4 Å². The number of aliphatic hydroxyl groups is 1. The van der Waals surface area contributed by atoms with Gasteiger partial charge < -0.3 is 29.0 Å². The van der Waals surface area contributed by atoms with E-state index in [9.17, 15) is 14.7 Å². The minimum atomic E-state index is -0.864. The van der Waals surface area contributed by atoms with Crippen molar-refractivity contribution in [3.05, 3.63) is 108 Å². The second-order valence-electron chi connectivity index (χ2n) is 13.4. The summed E-state index contributed by atoms with van der Waals surface area (Å²) in [6, 6.07) is 22.3. The number of hydrogen-bond acceptors (Lipinski definition) is 8. The summed E-state index contributed by atoms with van der Waals surface area (Å²) < 4.78 is 23.7. The van der Waals surface area contributed by atoms with Crippen molar-refractivity contribution in [2.75, 3.05) is 20.7 Å². The summed E-state index contributed by atoms with van der Waals surface area (Å²) >= 11 is 0. The molecule has 7 atom stereocenters. The monoisotopic (exact) mass is 631 g/mol. The summed E-state index contributed by atoms with van der Waals surface area (Å²) in [6.45, 7) is 6.66. The van der Waals surface area contributed by atoms with Gasteiger partial charge in [0.05, 0.1) is 13.0 Å². The third kappa shape index (κ3) is 4.42. The average molecular weight is 632 g/mol. The highest BCUT2D eigenvalue weighted by Crippen LogP contribution is 2.69. The number of likely N-dealkylation sites (N-methyl/N-ethyl adjacent to an activating group) is 1. The van der Waals surface area contributed by atoms with Crippen LogP contribution >= 0.6 is 0 Å².